The number of nitroso groups, excluding NO2 is 1. The smallest absolute Gasteiger partial charge is 0.107 e. The Labute approximate surface area is 48.4 Å². The lowest BCUT2D eigenvalue weighted by atomic mass is 9.87. The molecule has 0 aromatic heterocycles. The normalized spacial score (nSPS) is 36.1. The van der Waals surface area contributed by atoms with Crippen molar-refractivity contribution in [3.8, 4) is 0 Å². The van der Waals surface area contributed by atoms with Crippen LogP contribution < -0.4 is 5.32 Å². The molecular formula is C5H10N2O. The number of nitrogens with zero attached hydrogens (tertiary/aromatic N) is 1. The molecule has 3 heteroatoms. The summed E-state index contributed by atoms with van der Waals surface area (Å²) in [4.78, 5) is 9.87. The summed E-state index contributed by atoms with van der Waals surface area (Å²) < 4.78 is 0. The minimum absolute atomic E-state index is 0.0556. The molecule has 0 radical (unpaired) electrons. The van der Waals surface area contributed by atoms with E-state index in [2.05, 4.69) is 10.5 Å². The van der Waals surface area contributed by atoms with Crippen LogP contribution in [0.4, 0.5) is 0 Å². The zero-order chi connectivity index (χ0) is 5.98. The minimum atomic E-state index is 0.0556. The molecule has 1 aliphatic carbocycles. The zero-order valence-corrected chi connectivity index (χ0v) is 4.92. The minimum Gasteiger partial charge on any atom is -0.315 e. The molecule has 0 saturated heterocycles. The van der Waals surface area contributed by atoms with Gasteiger partial charge in [-0.3, -0.25) is 0 Å². The van der Waals surface area contributed by atoms with Crippen LogP contribution in [0.15, 0.2) is 5.18 Å². The van der Waals surface area contributed by atoms with E-state index in [0.29, 0.717) is 6.04 Å². The molecule has 1 aliphatic rings. The molecule has 1 rings (SSSR count). The predicted octanol–water partition coefficient (Wildman–Crippen LogP) is 0.503. The third kappa shape index (κ3) is 0.733. The first-order chi connectivity index (χ1) is 3.88. The van der Waals surface area contributed by atoms with Crippen molar-refractivity contribution >= 4 is 0 Å². The summed E-state index contributed by atoms with van der Waals surface area (Å²) in [6.07, 6.45) is 2.07. The van der Waals surface area contributed by atoms with E-state index in [-0.39, 0.29) is 6.04 Å². The third-order valence-electron chi connectivity index (χ3n) is 1.74. The summed E-state index contributed by atoms with van der Waals surface area (Å²) in [6.45, 7) is 0. The SMILES string of the molecule is CNC1CCC1N=O. The Bertz CT molecular complexity index is 92.4. The van der Waals surface area contributed by atoms with Gasteiger partial charge in [-0.1, -0.05) is 5.18 Å². The van der Waals surface area contributed by atoms with Gasteiger partial charge in [0.1, 0.15) is 6.04 Å². The fraction of sp³-hybridized carbons (Fsp3) is 1.00. The molecule has 0 aromatic carbocycles. The molecule has 0 aliphatic heterocycles. The van der Waals surface area contributed by atoms with E-state index >= 15 is 0 Å². The van der Waals surface area contributed by atoms with E-state index < -0.39 is 0 Å². The molecule has 1 fully saturated rings. The van der Waals surface area contributed by atoms with E-state index in [4.69, 9.17) is 0 Å². The van der Waals surface area contributed by atoms with Gasteiger partial charge in [-0.25, -0.2) is 0 Å². The summed E-state index contributed by atoms with van der Waals surface area (Å²) in [5.74, 6) is 0. The molecule has 1 N–H and O–H groups in total. The van der Waals surface area contributed by atoms with Gasteiger partial charge < -0.3 is 5.32 Å². The Morgan fingerprint density at radius 1 is 1.62 bits per heavy atom. The van der Waals surface area contributed by atoms with Gasteiger partial charge in [0.05, 0.1) is 0 Å². The van der Waals surface area contributed by atoms with Gasteiger partial charge in [0.25, 0.3) is 0 Å². The van der Waals surface area contributed by atoms with Gasteiger partial charge in [0, 0.05) is 6.04 Å². The second kappa shape index (κ2) is 2.22. The average molecular weight is 114 g/mol. The van der Waals surface area contributed by atoms with Crippen LogP contribution in [0, 0.1) is 4.91 Å². The zero-order valence-electron chi connectivity index (χ0n) is 4.92. The Kier molecular flexibility index (Phi) is 1.58. The second-order valence-electron chi connectivity index (χ2n) is 2.15. The molecule has 46 valence electrons. The predicted molar refractivity (Wildman–Crippen MR) is 31.7 cm³/mol. The van der Waals surface area contributed by atoms with E-state index in [9.17, 15) is 4.91 Å². The lowest BCUT2D eigenvalue weighted by Crippen LogP contribution is -2.44. The molecule has 0 aromatic rings. The average Bonchev–Trinajstić information content (AvgIpc) is 1.66. The van der Waals surface area contributed by atoms with Crippen molar-refractivity contribution in [2.75, 3.05) is 7.05 Å². The first-order valence-corrected chi connectivity index (χ1v) is 2.88. The molecule has 8 heavy (non-hydrogen) atoms. The number of likely N-dealkylation sites (N-methyl/N-ethyl adjacent to an activating group) is 1. The number of hydrogen-bond donors (Lipinski definition) is 1. The van der Waals surface area contributed by atoms with Gasteiger partial charge in [-0.15, -0.1) is 0 Å². The lowest BCUT2D eigenvalue weighted by Gasteiger charge is -2.30. The van der Waals surface area contributed by atoms with Crippen LogP contribution in [-0.4, -0.2) is 19.1 Å². The van der Waals surface area contributed by atoms with Gasteiger partial charge >= 0.3 is 0 Å². The van der Waals surface area contributed by atoms with Crippen LogP contribution in [0.25, 0.3) is 0 Å². The molecule has 1 saturated carbocycles. The third-order valence-corrected chi connectivity index (χ3v) is 1.74. The van der Waals surface area contributed by atoms with Crippen LogP contribution in [0.3, 0.4) is 0 Å². The van der Waals surface area contributed by atoms with Crippen LogP contribution >= 0.6 is 0 Å². The van der Waals surface area contributed by atoms with E-state index in [0.717, 1.165) is 12.8 Å². The fourth-order valence-corrected chi connectivity index (χ4v) is 0.945. The maximum Gasteiger partial charge on any atom is 0.107 e. The summed E-state index contributed by atoms with van der Waals surface area (Å²) >= 11 is 0. The largest absolute Gasteiger partial charge is 0.315 e. The number of hydrogen-bond acceptors (Lipinski definition) is 3. The van der Waals surface area contributed by atoms with Crippen molar-refractivity contribution in [2.24, 2.45) is 5.18 Å². The molecule has 2 unspecified atom stereocenters. The first kappa shape index (κ1) is 5.69. The van der Waals surface area contributed by atoms with Crippen LogP contribution in [0.2, 0.25) is 0 Å². The lowest BCUT2D eigenvalue weighted by molar-refractivity contribution is 0.302. The highest BCUT2D eigenvalue weighted by molar-refractivity contribution is 4.90. The van der Waals surface area contributed by atoms with E-state index in [1.807, 2.05) is 7.05 Å². The summed E-state index contributed by atoms with van der Waals surface area (Å²) in [7, 11) is 1.86. The van der Waals surface area contributed by atoms with Gasteiger partial charge in [0.2, 0.25) is 0 Å². The Hall–Kier alpha value is -0.440. The highest BCUT2D eigenvalue weighted by Crippen LogP contribution is 2.21. The standard InChI is InChI=1S/C5H10N2O/c1-6-4-2-3-5(4)7-8/h4-6H,2-3H2,1H3. The highest BCUT2D eigenvalue weighted by Gasteiger charge is 2.29. The van der Waals surface area contributed by atoms with E-state index in [1.165, 1.54) is 0 Å². The van der Waals surface area contributed by atoms with Crippen molar-refractivity contribution in [1.29, 1.82) is 0 Å². The molecule has 0 heterocycles. The summed E-state index contributed by atoms with van der Waals surface area (Å²) in [5, 5.41) is 5.94. The fourth-order valence-electron chi connectivity index (χ4n) is 0.945. The van der Waals surface area contributed by atoms with Crippen molar-refractivity contribution in [3.05, 3.63) is 4.91 Å². The van der Waals surface area contributed by atoms with Gasteiger partial charge in [-0.2, -0.15) is 4.91 Å². The molecule has 0 spiro atoms. The Morgan fingerprint density at radius 3 is 2.50 bits per heavy atom. The van der Waals surface area contributed by atoms with Crippen LogP contribution in [-0.2, 0) is 0 Å². The second-order valence-corrected chi connectivity index (χ2v) is 2.15. The number of rotatable bonds is 2. The Morgan fingerprint density at radius 2 is 2.38 bits per heavy atom. The summed E-state index contributed by atoms with van der Waals surface area (Å²) in [5.41, 5.74) is 0. The summed E-state index contributed by atoms with van der Waals surface area (Å²) in [6, 6.07) is 0.424. The van der Waals surface area contributed by atoms with Crippen LogP contribution in [0.1, 0.15) is 12.8 Å². The van der Waals surface area contributed by atoms with Crippen molar-refractivity contribution in [1.82, 2.24) is 5.32 Å². The van der Waals surface area contributed by atoms with Crippen molar-refractivity contribution < 1.29 is 0 Å². The maximum absolute atomic E-state index is 9.87. The maximum atomic E-state index is 9.87. The first-order valence-electron chi connectivity index (χ1n) is 2.88. The molecule has 2 atom stereocenters. The van der Waals surface area contributed by atoms with Crippen molar-refractivity contribution in [2.45, 2.75) is 24.9 Å². The van der Waals surface area contributed by atoms with Gasteiger partial charge in [0.15, 0.2) is 0 Å². The monoisotopic (exact) mass is 114 g/mol. The number of nitrogens with one attached hydrogen (secondary N) is 1. The van der Waals surface area contributed by atoms with Crippen LogP contribution in [0.5, 0.6) is 0 Å². The molecule has 3 nitrogen and oxygen atoms in total. The Balaban J connectivity index is 2.26. The molecular weight excluding hydrogens is 104 g/mol. The molecule has 0 bridgehead atoms. The topological polar surface area (TPSA) is 41.5 Å². The quantitative estimate of drug-likeness (QED) is 0.531. The van der Waals surface area contributed by atoms with E-state index in [1.54, 1.807) is 0 Å². The molecule has 0 amide bonds. The van der Waals surface area contributed by atoms with Gasteiger partial charge in [-0.05, 0) is 19.9 Å². The highest BCUT2D eigenvalue weighted by atomic mass is 16.3. The van der Waals surface area contributed by atoms with Crippen molar-refractivity contribution in [3.63, 3.8) is 0 Å².